The van der Waals surface area contributed by atoms with Gasteiger partial charge in [0.25, 0.3) is 0 Å². The van der Waals surface area contributed by atoms with Crippen LogP contribution in [0.5, 0.6) is 0 Å². The third kappa shape index (κ3) is 2.56. The van der Waals surface area contributed by atoms with E-state index >= 15 is 0 Å². The number of halogens is 1. The van der Waals surface area contributed by atoms with E-state index in [-0.39, 0.29) is 6.10 Å². The van der Waals surface area contributed by atoms with Crippen LogP contribution >= 0.6 is 15.9 Å². The van der Waals surface area contributed by atoms with E-state index < -0.39 is 0 Å². The highest BCUT2D eigenvalue weighted by molar-refractivity contribution is 9.10. The second-order valence-electron chi connectivity index (χ2n) is 3.47. The number of ether oxygens (including phenoxy) is 1. The molecule has 0 bridgehead atoms. The summed E-state index contributed by atoms with van der Waals surface area (Å²) in [7, 11) is 0. The molecular formula is C11H14BrNO. The van der Waals surface area contributed by atoms with E-state index in [0.29, 0.717) is 0 Å². The molecule has 0 unspecified atom stereocenters. The standard InChI is InChI=1S/C11H14BrNO/c12-10-4-2-9(3-5-10)11-8-13-6-1-7-14-11/h2-5,11,13H,1,6-8H2/t11-/m0/s1. The van der Waals surface area contributed by atoms with Gasteiger partial charge in [0.15, 0.2) is 0 Å². The predicted molar refractivity (Wildman–Crippen MR) is 60.3 cm³/mol. The Balaban J connectivity index is 2.08. The zero-order valence-corrected chi connectivity index (χ0v) is 9.59. The van der Waals surface area contributed by atoms with Crippen LogP contribution in [0.4, 0.5) is 0 Å². The molecule has 1 aromatic rings. The summed E-state index contributed by atoms with van der Waals surface area (Å²) in [6.07, 6.45) is 1.32. The Kier molecular flexibility index (Phi) is 3.56. The molecule has 2 rings (SSSR count). The first kappa shape index (κ1) is 10.1. The van der Waals surface area contributed by atoms with Crippen LogP contribution in [0.15, 0.2) is 28.7 Å². The fraction of sp³-hybridized carbons (Fsp3) is 0.455. The molecule has 1 aliphatic heterocycles. The lowest BCUT2D eigenvalue weighted by Gasteiger charge is -2.15. The molecule has 1 atom stereocenters. The van der Waals surface area contributed by atoms with E-state index in [1.807, 2.05) is 0 Å². The first-order valence-corrected chi connectivity index (χ1v) is 5.73. The van der Waals surface area contributed by atoms with Gasteiger partial charge in [0.2, 0.25) is 0 Å². The topological polar surface area (TPSA) is 21.3 Å². The Hall–Kier alpha value is -0.380. The maximum Gasteiger partial charge on any atom is 0.0949 e. The van der Waals surface area contributed by atoms with Crippen molar-refractivity contribution in [2.75, 3.05) is 19.7 Å². The molecule has 76 valence electrons. The summed E-state index contributed by atoms with van der Waals surface area (Å²) in [5.74, 6) is 0. The van der Waals surface area contributed by atoms with Gasteiger partial charge in [-0.25, -0.2) is 0 Å². The van der Waals surface area contributed by atoms with E-state index in [9.17, 15) is 0 Å². The number of rotatable bonds is 1. The molecule has 1 N–H and O–H groups in total. The number of nitrogens with one attached hydrogen (secondary N) is 1. The van der Waals surface area contributed by atoms with Crippen LogP contribution in [0.25, 0.3) is 0 Å². The SMILES string of the molecule is Brc1ccc([C@@H]2CNCCCO2)cc1. The largest absolute Gasteiger partial charge is 0.372 e. The summed E-state index contributed by atoms with van der Waals surface area (Å²) in [6, 6.07) is 8.34. The summed E-state index contributed by atoms with van der Waals surface area (Å²) in [5.41, 5.74) is 1.25. The summed E-state index contributed by atoms with van der Waals surface area (Å²) in [5, 5.41) is 3.37. The Morgan fingerprint density at radius 1 is 1.29 bits per heavy atom. The summed E-state index contributed by atoms with van der Waals surface area (Å²) in [6.45, 7) is 2.84. The lowest BCUT2D eigenvalue weighted by molar-refractivity contribution is 0.0669. The van der Waals surface area contributed by atoms with Crippen molar-refractivity contribution in [2.24, 2.45) is 0 Å². The molecule has 1 heterocycles. The first-order chi connectivity index (χ1) is 6.86. The van der Waals surface area contributed by atoms with Gasteiger partial charge < -0.3 is 10.1 Å². The second kappa shape index (κ2) is 4.91. The Morgan fingerprint density at radius 3 is 2.86 bits per heavy atom. The van der Waals surface area contributed by atoms with Gasteiger partial charge in [0.05, 0.1) is 6.10 Å². The molecular weight excluding hydrogens is 242 g/mol. The molecule has 0 saturated carbocycles. The van der Waals surface area contributed by atoms with Gasteiger partial charge in [0.1, 0.15) is 0 Å². The third-order valence-electron chi connectivity index (χ3n) is 2.39. The second-order valence-corrected chi connectivity index (χ2v) is 4.38. The molecule has 1 saturated heterocycles. The van der Waals surface area contributed by atoms with Crippen molar-refractivity contribution in [1.29, 1.82) is 0 Å². The van der Waals surface area contributed by atoms with Gasteiger partial charge in [-0.3, -0.25) is 0 Å². The van der Waals surface area contributed by atoms with Crippen LogP contribution in [-0.2, 0) is 4.74 Å². The Labute approximate surface area is 92.8 Å². The van der Waals surface area contributed by atoms with Crippen LogP contribution in [0.1, 0.15) is 18.1 Å². The first-order valence-electron chi connectivity index (χ1n) is 4.94. The lowest BCUT2D eigenvalue weighted by Crippen LogP contribution is -2.19. The van der Waals surface area contributed by atoms with Gasteiger partial charge in [-0.1, -0.05) is 28.1 Å². The lowest BCUT2D eigenvalue weighted by atomic mass is 10.1. The van der Waals surface area contributed by atoms with Gasteiger partial charge in [-0.15, -0.1) is 0 Å². The maximum absolute atomic E-state index is 5.75. The van der Waals surface area contributed by atoms with Gasteiger partial charge in [-0.05, 0) is 30.7 Å². The normalized spacial score (nSPS) is 23.1. The molecule has 1 aliphatic rings. The minimum Gasteiger partial charge on any atom is -0.372 e. The van der Waals surface area contributed by atoms with Crippen molar-refractivity contribution < 1.29 is 4.74 Å². The van der Waals surface area contributed by atoms with Gasteiger partial charge in [-0.2, -0.15) is 0 Å². The number of hydrogen-bond donors (Lipinski definition) is 1. The average molecular weight is 256 g/mol. The van der Waals surface area contributed by atoms with Gasteiger partial charge >= 0.3 is 0 Å². The quantitative estimate of drug-likeness (QED) is 0.833. The molecule has 1 fully saturated rings. The van der Waals surface area contributed by atoms with Crippen molar-refractivity contribution in [1.82, 2.24) is 5.32 Å². The highest BCUT2D eigenvalue weighted by Gasteiger charge is 2.13. The molecule has 0 radical (unpaired) electrons. The number of benzene rings is 1. The monoisotopic (exact) mass is 255 g/mol. The molecule has 0 amide bonds. The molecule has 0 aliphatic carbocycles. The van der Waals surface area contributed by atoms with E-state index in [0.717, 1.165) is 30.6 Å². The third-order valence-corrected chi connectivity index (χ3v) is 2.92. The van der Waals surface area contributed by atoms with Gasteiger partial charge in [0, 0.05) is 17.6 Å². The molecule has 1 aromatic carbocycles. The van der Waals surface area contributed by atoms with Crippen molar-refractivity contribution in [2.45, 2.75) is 12.5 Å². The fourth-order valence-electron chi connectivity index (χ4n) is 1.61. The maximum atomic E-state index is 5.75. The molecule has 0 spiro atoms. The van der Waals surface area contributed by atoms with E-state index in [4.69, 9.17) is 4.74 Å². The van der Waals surface area contributed by atoms with E-state index in [2.05, 4.69) is 45.5 Å². The van der Waals surface area contributed by atoms with Crippen molar-refractivity contribution >= 4 is 15.9 Å². The molecule has 0 aromatic heterocycles. The van der Waals surface area contributed by atoms with Crippen LogP contribution in [0.3, 0.4) is 0 Å². The fourth-order valence-corrected chi connectivity index (χ4v) is 1.87. The zero-order valence-electron chi connectivity index (χ0n) is 8.00. The average Bonchev–Trinajstić information content (AvgIpc) is 2.47. The molecule has 2 nitrogen and oxygen atoms in total. The molecule has 3 heteroatoms. The minimum absolute atomic E-state index is 0.214. The summed E-state index contributed by atoms with van der Waals surface area (Å²) < 4.78 is 6.86. The molecule has 14 heavy (non-hydrogen) atoms. The van der Waals surface area contributed by atoms with Crippen LogP contribution in [0, 0.1) is 0 Å². The highest BCUT2D eigenvalue weighted by atomic mass is 79.9. The summed E-state index contributed by atoms with van der Waals surface area (Å²) in [4.78, 5) is 0. The van der Waals surface area contributed by atoms with Crippen molar-refractivity contribution in [3.05, 3.63) is 34.3 Å². The van der Waals surface area contributed by atoms with E-state index in [1.54, 1.807) is 0 Å². The van der Waals surface area contributed by atoms with Crippen molar-refractivity contribution in [3.8, 4) is 0 Å². The number of hydrogen-bond acceptors (Lipinski definition) is 2. The Bertz CT molecular complexity index is 278. The smallest absolute Gasteiger partial charge is 0.0949 e. The predicted octanol–water partition coefficient (Wildman–Crippen LogP) is 2.50. The zero-order chi connectivity index (χ0) is 9.80. The minimum atomic E-state index is 0.214. The highest BCUT2D eigenvalue weighted by Crippen LogP contribution is 2.20. The summed E-state index contributed by atoms with van der Waals surface area (Å²) >= 11 is 3.43. The van der Waals surface area contributed by atoms with Crippen LogP contribution < -0.4 is 5.32 Å². The van der Waals surface area contributed by atoms with Crippen LogP contribution in [-0.4, -0.2) is 19.7 Å². The van der Waals surface area contributed by atoms with E-state index in [1.165, 1.54) is 5.56 Å². The van der Waals surface area contributed by atoms with Crippen molar-refractivity contribution in [3.63, 3.8) is 0 Å². The van der Waals surface area contributed by atoms with Crippen LogP contribution in [0.2, 0.25) is 0 Å². The Morgan fingerprint density at radius 2 is 2.07 bits per heavy atom.